The van der Waals surface area contributed by atoms with Crippen molar-refractivity contribution in [1.82, 2.24) is 4.90 Å². The van der Waals surface area contributed by atoms with Crippen LogP contribution in [0.4, 0.5) is 5.69 Å². The number of carbonyl (C=O) groups excluding carboxylic acids is 1. The maximum Gasteiger partial charge on any atom is 0.269 e. The SMILES string of the molecule is CN(Cc1ccccc1)Cc1ccc(C(=O)c2ccc([N+](=O)[O-])cc2)cc1. The third-order valence-corrected chi connectivity index (χ3v) is 4.30. The van der Waals surface area contributed by atoms with E-state index in [-0.39, 0.29) is 11.5 Å². The van der Waals surface area contributed by atoms with Crippen LogP contribution in [0.5, 0.6) is 0 Å². The Morgan fingerprint density at radius 2 is 1.30 bits per heavy atom. The van der Waals surface area contributed by atoms with Gasteiger partial charge in [-0.3, -0.25) is 19.8 Å². The molecular formula is C22H20N2O3. The van der Waals surface area contributed by atoms with Crippen molar-refractivity contribution in [2.24, 2.45) is 0 Å². The predicted octanol–water partition coefficient (Wildman–Crippen LogP) is 4.46. The quantitative estimate of drug-likeness (QED) is 0.355. The summed E-state index contributed by atoms with van der Waals surface area (Å²) in [4.78, 5) is 25.0. The van der Waals surface area contributed by atoms with Crippen LogP contribution in [0.1, 0.15) is 27.0 Å². The number of benzene rings is 3. The number of nitrogens with zero attached hydrogens (tertiary/aromatic N) is 2. The van der Waals surface area contributed by atoms with Gasteiger partial charge in [-0.1, -0.05) is 54.6 Å². The van der Waals surface area contributed by atoms with E-state index >= 15 is 0 Å². The van der Waals surface area contributed by atoms with Gasteiger partial charge >= 0.3 is 0 Å². The molecule has 0 heterocycles. The van der Waals surface area contributed by atoms with Crippen molar-refractivity contribution in [2.45, 2.75) is 13.1 Å². The Hall–Kier alpha value is -3.31. The number of non-ortho nitro benzene ring substituents is 1. The first-order valence-corrected chi connectivity index (χ1v) is 8.63. The number of nitro benzene ring substituents is 1. The predicted molar refractivity (Wildman–Crippen MR) is 105 cm³/mol. The van der Waals surface area contributed by atoms with Crippen molar-refractivity contribution in [3.05, 3.63) is 111 Å². The molecule has 5 heteroatoms. The Morgan fingerprint density at radius 1 is 0.815 bits per heavy atom. The molecule has 0 saturated carbocycles. The van der Waals surface area contributed by atoms with Crippen LogP contribution < -0.4 is 0 Å². The summed E-state index contributed by atoms with van der Waals surface area (Å²) in [5.74, 6) is -0.144. The maximum atomic E-state index is 12.5. The van der Waals surface area contributed by atoms with E-state index in [9.17, 15) is 14.9 Å². The summed E-state index contributed by atoms with van der Waals surface area (Å²) in [6.07, 6.45) is 0. The molecule has 0 unspecified atom stereocenters. The highest BCUT2D eigenvalue weighted by molar-refractivity contribution is 6.09. The molecule has 0 amide bonds. The second-order valence-corrected chi connectivity index (χ2v) is 6.49. The largest absolute Gasteiger partial charge is 0.298 e. The number of hydrogen-bond acceptors (Lipinski definition) is 4. The number of carbonyl (C=O) groups is 1. The fourth-order valence-corrected chi connectivity index (χ4v) is 2.93. The van der Waals surface area contributed by atoms with Gasteiger partial charge in [-0.05, 0) is 30.3 Å². The van der Waals surface area contributed by atoms with Crippen LogP contribution in [-0.2, 0) is 13.1 Å². The molecule has 0 aliphatic rings. The molecule has 0 spiro atoms. The van der Waals surface area contributed by atoms with E-state index in [0.717, 1.165) is 18.7 Å². The van der Waals surface area contributed by atoms with Gasteiger partial charge in [0.1, 0.15) is 0 Å². The van der Waals surface area contributed by atoms with E-state index in [0.29, 0.717) is 11.1 Å². The molecule has 0 fully saturated rings. The third kappa shape index (κ3) is 4.86. The molecule has 0 radical (unpaired) electrons. The van der Waals surface area contributed by atoms with Crippen LogP contribution in [0, 0.1) is 10.1 Å². The fraction of sp³-hybridized carbons (Fsp3) is 0.136. The Kier molecular flexibility index (Phi) is 5.74. The van der Waals surface area contributed by atoms with Crippen molar-refractivity contribution >= 4 is 11.5 Å². The van der Waals surface area contributed by atoms with Crippen LogP contribution in [0.15, 0.2) is 78.9 Å². The number of hydrogen-bond donors (Lipinski definition) is 0. The molecule has 3 rings (SSSR count). The zero-order valence-corrected chi connectivity index (χ0v) is 15.0. The second-order valence-electron chi connectivity index (χ2n) is 6.49. The van der Waals surface area contributed by atoms with Gasteiger partial charge in [-0.25, -0.2) is 0 Å². The van der Waals surface area contributed by atoms with Crippen molar-refractivity contribution in [3.63, 3.8) is 0 Å². The van der Waals surface area contributed by atoms with Gasteiger partial charge < -0.3 is 0 Å². The molecule has 3 aromatic carbocycles. The summed E-state index contributed by atoms with van der Waals surface area (Å²) in [5.41, 5.74) is 3.36. The molecule has 0 aliphatic carbocycles. The Labute approximate surface area is 158 Å². The number of ketones is 1. The molecule has 27 heavy (non-hydrogen) atoms. The summed E-state index contributed by atoms with van der Waals surface area (Å²) in [5, 5.41) is 10.7. The first-order valence-electron chi connectivity index (χ1n) is 8.63. The van der Waals surface area contributed by atoms with Gasteiger partial charge in [0.05, 0.1) is 4.92 Å². The average molecular weight is 360 g/mol. The van der Waals surface area contributed by atoms with Crippen molar-refractivity contribution < 1.29 is 9.72 Å². The van der Waals surface area contributed by atoms with Crippen LogP contribution in [0.25, 0.3) is 0 Å². The van der Waals surface area contributed by atoms with E-state index < -0.39 is 4.92 Å². The molecule has 0 atom stereocenters. The van der Waals surface area contributed by atoms with E-state index in [1.807, 2.05) is 30.3 Å². The van der Waals surface area contributed by atoms with Gasteiger partial charge in [-0.15, -0.1) is 0 Å². The normalized spacial score (nSPS) is 10.7. The fourth-order valence-electron chi connectivity index (χ4n) is 2.93. The summed E-state index contributed by atoms with van der Waals surface area (Å²) < 4.78 is 0. The highest BCUT2D eigenvalue weighted by atomic mass is 16.6. The zero-order chi connectivity index (χ0) is 19.2. The smallest absolute Gasteiger partial charge is 0.269 e. The van der Waals surface area contributed by atoms with E-state index in [2.05, 4.69) is 24.1 Å². The highest BCUT2D eigenvalue weighted by Gasteiger charge is 2.12. The maximum absolute atomic E-state index is 12.5. The third-order valence-electron chi connectivity index (χ3n) is 4.30. The van der Waals surface area contributed by atoms with Crippen LogP contribution in [0.3, 0.4) is 0 Å². The molecule has 5 nitrogen and oxygen atoms in total. The molecular weight excluding hydrogens is 340 g/mol. The minimum Gasteiger partial charge on any atom is -0.298 e. The minimum atomic E-state index is -0.477. The summed E-state index contributed by atoms with van der Waals surface area (Å²) in [6, 6.07) is 23.4. The van der Waals surface area contributed by atoms with E-state index in [1.165, 1.54) is 29.8 Å². The standard InChI is InChI=1S/C22H20N2O3/c1-23(15-17-5-3-2-4-6-17)16-18-7-9-19(10-8-18)22(25)20-11-13-21(14-12-20)24(26)27/h2-14H,15-16H2,1H3. The van der Waals surface area contributed by atoms with Crippen LogP contribution in [-0.4, -0.2) is 22.7 Å². The molecule has 0 N–H and O–H groups in total. The van der Waals surface area contributed by atoms with Crippen molar-refractivity contribution in [2.75, 3.05) is 7.05 Å². The van der Waals surface area contributed by atoms with Gasteiger partial charge in [0.15, 0.2) is 5.78 Å². The summed E-state index contributed by atoms with van der Waals surface area (Å²) in [7, 11) is 2.06. The van der Waals surface area contributed by atoms with E-state index in [4.69, 9.17) is 0 Å². The van der Waals surface area contributed by atoms with Gasteiger partial charge in [-0.2, -0.15) is 0 Å². The number of rotatable bonds is 7. The molecule has 136 valence electrons. The lowest BCUT2D eigenvalue weighted by molar-refractivity contribution is -0.384. The summed E-state index contributed by atoms with van der Waals surface area (Å²) >= 11 is 0. The average Bonchev–Trinajstić information content (AvgIpc) is 2.69. The lowest BCUT2D eigenvalue weighted by atomic mass is 10.0. The second kappa shape index (κ2) is 8.38. The molecule has 0 aliphatic heterocycles. The Morgan fingerprint density at radius 3 is 1.81 bits per heavy atom. The molecule has 0 bridgehead atoms. The zero-order valence-electron chi connectivity index (χ0n) is 15.0. The topological polar surface area (TPSA) is 63.5 Å². The van der Waals surface area contributed by atoms with Crippen molar-refractivity contribution in [1.29, 1.82) is 0 Å². The van der Waals surface area contributed by atoms with Gasteiger partial charge in [0.25, 0.3) is 5.69 Å². The Bertz CT molecular complexity index is 920. The lowest BCUT2D eigenvalue weighted by Gasteiger charge is -2.17. The minimum absolute atomic E-state index is 0.0247. The monoisotopic (exact) mass is 360 g/mol. The Balaban J connectivity index is 1.64. The lowest BCUT2D eigenvalue weighted by Crippen LogP contribution is -2.17. The molecule has 3 aromatic rings. The van der Waals surface area contributed by atoms with Crippen molar-refractivity contribution in [3.8, 4) is 0 Å². The van der Waals surface area contributed by atoms with Crippen LogP contribution in [0.2, 0.25) is 0 Å². The summed E-state index contributed by atoms with van der Waals surface area (Å²) in [6.45, 7) is 1.63. The van der Waals surface area contributed by atoms with Crippen LogP contribution >= 0.6 is 0 Å². The molecule has 0 aromatic heterocycles. The first-order chi connectivity index (χ1) is 13.0. The van der Waals surface area contributed by atoms with Gasteiger partial charge in [0, 0.05) is 36.3 Å². The van der Waals surface area contributed by atoms with Gasteiger partial charge in [0.2, 0.25) is 0 Å². The number of nitro groups is 1. The highest BCUT2D eigenvalue weighted by Crippen LogP contribution is 2.16. The van der Waals surface area contributed by atoms with E-state index in [1.54, 1.807) is 12.1 Å². The first kappa shape index (κ1) is 18.5. The molecule has 0 saturated heterocycles.